The van der Waals surface area contributed by atoms with Crippen molar-refractivity contribution in [2.75, 3.05) is 20.3 Å². The summed E-state index contributed by atoms with van der Waals surface area (Å²) in [6.45, 7) is 4.52. The molecule has 0 radical (unpaired) electrons. The Hall–Kier alpha value is -1.96. The minimum Gasteiger partial charge on any atom is -0.495 e. The average Bonchev–Trinajstić information content (AvgIpc) is 2.60. The quantitative estimate of drug-likeness (QED) is 0.837. The fraction of sp³-hybridized carbons (Fsp3) is 0.333. The van der Waals surface area contributed by atoms with Gasteiger partial charge >= 0.3 is 0 Å². The van der Waals surface area contributed by atoms with Gasteiger partial charge in [0.05, 0.1) is 22.6 Å². The van der Waals surface area contributed by atoms with E-state index < -0.39 is 15.6 Å². The first kappa shape index (κ1) is 18.8. The Labute approximate surface area is 158 Å². The van der Waals surface area contributed by atoms with E-state index in [1.54, 1.807) is 26.0 Å². The Kier molecular flexibility index (Phi) is 5.05. The molecule has 0 spiro atoms. The van der Waals surface area contributed by atoms with Crippen LogP contribution in [0.5, 0.6) is 17.2 Å². The van der Waals surface area contributed by atoms with Gasteiger partial charge in [-0.2, -0.15) is 0 Å². The molecule has 0 aromatic heterocycles. The zero-order valence-electron chi connectivity index (χ0n) is 14.7. The third-order valence-electron chi connectivity index (χ3n) is 4.09. The Bertz CT molecular complexity index is 927. The van der Waals surface area contributed by atoms with Gasteiger partial charge in [-0.25, -0.2) is 13.1 Å². The van der Waals surface area contributed by atoms with Gasteiger partial charge in [-0.3, -0.25) is 0 Å². The molecule has 140 valence electrons. The molecule has 6 nitrogen and oxygen atoms in total. The van der Waals surface area contributed by atoms with E-state index in [0.717, 1.165) is 5.56 Å². The Morgan fingerprint density at radius 2 is 1.77 bits per heavy atom. The van der Waals surface area contributed by atoms with Gasteiger partial charge in [-0.05, 0) is 49.7 Å². The van der Waals surface area contributed by atoms with Gasteiger partial charge in [-0.15, -0.1) is 0 Å². The third-order valence-corrected chi connectivity index (χ3v) is 6.04. The molecular weight excluding hydrogens is 378 g/mol. The van der Waals surface area contributed by atoms with Crippen LogP contribution in [-0.4, -0.2) is 28.7 Å². The molecule has 0 bridgehead atoms. The summed E-state index contributed by atoms with van der Waals surface area (Å²) in [5.41, 5.74) is -0.119. The molecule has 1 N–H and O–H groups in total. The molecule has 2 aromatic rings. The second-order valence-corrected chi connectivity index (χ2v) is 8.47. The molecule has 0 fully saturated rings. The highest BCUT2D eigenvalue weighted by atomic mass is 35.5. The van der Waals surface area contributed by atoms with Crippen molar-refractivity contribution in [2.45, 2.75) is 24.3 Å². The van der Waals surface area contributed by atoms with Crippen molar-refractivity contribution in [2.24, 2.45) is 0 Å². The maximum absolute atomic E-state index is 12.8. The zero-order chi connectivity index (χ0) is 18.9. The number of nitrogens with one attached hydrogen (secondary N) is 1. The molecule has 26 heavy (non-hydrogen) atoms. The highest BCUT2D eigenvalue weighted by Gasteiger charge is 2.29. The summed E-state index contributed by atoms with van der Waals surface area (Å²) in [4.78, 5) is 0.0638. The van der Waals surface area contributed by atoms with Crippen LogP contribution in [0.15, 0.2) is 41.3 Å². The van der Waals surface area contributed by atoms with Gasteiger partial charge in [0.25, 0.3) is 0 Å². The van der Waals surface area contributed by atoms with Gasteiger partial charge in [-0.1, -0.05) is 17.7 Å². The number of rotatable bonds is 5. The lowest BCUT2D eigenvalue weighted by Crippen LogP contribution is -2.41. The van der Waals surface area contributed by atoms with Crippen LogP contribution in [0.3, 0.4) is 0 Å². The summed E-state index contributed by atoms with van der Waals surface area (Å²) >= 11 is 6.06. The van der Waals surface area contributed by atoms with Gasteiger partial charge < -0.3 is 14.2 Å². The van der Waals surface area contributed by atoms with Crippen LogP contribution in [0.4, 0.5) is 0 Å². The van der Waals surface area contributed by atoms with Crippen LogP contribution in [0, 0.1) is 0 Å². The predicted molar refractivity (Wildman–Crippen MR) is 98.8 cm³/mol. The van der Waals surface area contributed by atoms with Gasteiger partial charge in [0.2, 0.25) is 10.0 Å². The van der Waals surface area contributed by atoms with E-state index in [9.17, 15) is 8.42 Å². The molecule has 0 unspecified atom stereocenters. The SMILES string of the molecule is COc1ccc(S(=O)(=O)NC(C)(C)c2ccc3c(c2)OCCO3)cc1Cl. The summed E-state index contributed by atoms with van der Waals surface area (Å²) in [6.07, 6.45) is 0. The highest BCUT2D eigenvalue weighted by Crippen LogP contribution is 2.35. The van der Waals surface area contributed by atoms with Crippen LogP contribution in [-0.2, 0) is 15.6 Å². The number of ether oxygens (including phenoxy) is 3. The summed E-state index contributed by atoms with van der Waals surface area (Å²) in [6, 6.07) is 9.72. The van der Waals surface area contributed by atoms with Crippen LogP contribution in [0.2, 0.25) is 5.02 Å². The van der Waals surface area contributed by atoms with Crippen molar-refractivity contribution >= 4 is 21.6 Å². The normalized spacial score (nSPS) is 14.2. The van der Waals surface area contributed by atoms with Gasteiger partial charge in [0.1, 0.15) is 19.0 Å². The Morgan fingerprint density at radius 3 is 2.42 bits per heavy atom. The smallest absolute Gasteiger partial charge is 0.241 e. The number of hydrogen-bond acceptors (Lipinski definition) is 5. The standard InChI is InChI=1S/C18H20ClNO5S/c1-18(2,12-4-6-16-17(10-12)25-9-8-24-16)20-26(21,22)13-5-7-15(23-3)14(19)11-13/h4-7,10-11,20H,8-9H2,1-3H3. The minimum atomic E-state index is -3.80. The van der Waals surface area contributed by atoms with E-state index in [1.165, 1.54) is 25.3 Å². The van der Waals surface area contributed by atoms with Crippen molar-refractivity contribution in [3.8, 4) is 17.2 Å². The number of halogens is 1. The lowest BCUT2D eigenvalue weighted by atomic mass is 9.95. The van der Waals surface area contributed by atoms with Crippen molar-refractivity contribution < 1.29 is 22.6 Å². The summed E-state index contributed by atoms with van der Waals surface area (Å²) < 4.78 is 44.5. The maximum atomic E-state index is 12.8. The molecule has 1 aliphatic heterocycles. The second-order valence-electron chi connectivity index (χ2n) is 6.39. The average molecular weight is 398 g/mol. The lowest BCUT2D eigenvalue weighted by Gasteiger charge is -2.28. The molecular formula is C18H20ClNO5S. The topological polar surface area (TPSA) is 73.9 Å². The third kappa shape index (κ3) is 3.75. The van der Waals surface area contributed by atoms with E-state index in [1.807, 2.05) is 6.07 Å². The van der Waals surface area contributed by atoms with Crippen molar-refractivity contribution in [3.63, 3.8) is 0 Å². The van der Waals surface area contributed by atoms with E-state index in [0.29, 0.717) is 30.5 Å². The minimum absolute atomic E-state index is 0.0638. The number of fused-ring (bicyclic) bond motifs is 1. The Morgan fingerprint density at radius 1 is 1.08 bits per heavy atom. The van der Waals surface area contributed by atoms with Gasteiger partial charge in [0.15, 0.2) is 11.5 Å². The lowest BCUT2D eigenvalue weighted by molar-refractivity contribution is 0.171. The largest absolute Gasteiger partial charge is 0.495 e. The van der Waals surface area contributed by atoms with Crippen molar-refractivity contribution in [1.82, 2.24) is 4.72 Å². The predicted octanol–water partition coefficient (Wildman–Crippen LogP) is 3.33. The first-order valence-electron chi connectivity index (χ1n) is 8.00. The zero-order valence-corrected chi connectivity index (χ0v) is 16.3. The van der Waals surface area contributed by atoms with Gasteiger partial charge in [0, 0.05) is 0 Å². The number of benzene rings is 2. The van der Waals surface area contributed by atoms with E-state index in [4.69, 9.17) is 25.8 Å². The molecule has 1 heterocycles. The van der Waals surface area contributed by atoms with Crippen LogP contribution in [0.1, 0.15) is 19.4 Å². The fourth-order valence-electron chi connectivity index (χ4n) is 2.70. The first-order chi connectivity index (χ1) is 12.2. The fourth-order valence-corrected chi connectivity index (χ4v) is 4.45. The summed E-state index contributed by atoms with van der Waals surface area (Å²) in [7, 11) is -2.33. The van der Waals surface area contributed by atoms with E-state index in [2.05, 4.69) is 4.72 Å². The van der Waals surface area contributed by atoms with Crippen LogP contribution < -0.4 is 18.9 Å². The van der Waals surface area contributed by atoms with Crippen LogP contribution >= 0.6 is 11.6 Å². The molecule has 8 heteroatoms. The summed E-state index contributed by atoms with van der Waals surface area (Å²) in [5.74, 6) is 1.67. The summed E-state index contributed by atoms with van der Waals surface area (Å²) in [5, 5.41) is 0.229. The second kappa shape index (κ2) is 6.98. The maximum Gasteiger partial charge on any atom is 0.241 e. The van der Waals surface area contributed by atoms with Crippen LogP contribution in [0.25, 0.3) is 0 Å². The van der Waals surface area contributed by atoms with E-state index in [-0.39, 0.29) is 9.92 Å². The molecule has 2 aromatic carbocycles. The highest BCUT2D eigenvalue weighted by molar-refractivity contribution is 7.89. The molecule has 0 saturated heterocycles. The Balaban J connectivity index is 1.89. The van der Waals surface area contributed by atoms with Crippen molar-refractivity contribution in [1.29, 1.82) is 0 Å². The molecule has 3 rings (SSSR count). The number of sulfonamides is 1. The monoisotopic (exact) mass is 397 g/mol. The molecule has 0 saturated carbocycles. The molecule has 0 aliphatic carbocycles. The first-order valence-corrected chi connectivity index (χ1v) is 9.87. The molecule has 0 amide bonds. The van der Waals surface area contributed by atoms with Crippen molar-refractivity contribution in [3.05, 3.63) is 47.0 Å². The molecule has 1 aliphatic rings. The molecule has 0 atom stereocenters. The number of hydrogen-bond donors (Lipinski definition) is 1. The number of methoxy groups -OCH3 is 1. The van der Waals surface area contributed by atoms with E-state index >= 15 is 0 Å².